The molecule has 0 bridgehead atoms. The van der Waals surface area contributed by atoms with Crippen LogP contribution in [0.5, 0.6) is 17.2 Å². The molecule has 0 aliphatic rings. The lowest BCUT2D eigenvalue weighted by atomic mass is 10.1. The number of rotatable bonds is 7. The third-order valence-electron chi connectivity index (χ3n) is 4.04. The maximum atomic E-state index is 9.32. The van der Waals surface area contributed by atoms with Crippen LogP contribution in [0.1, 0.15) is 16.7 Å². The lowest BCUT2D eigenvalue weighted by Crippen LogP contribution is -1.96. The fraction of sp³-hybridized carbons (Fsp3) is 0.130. The molecule has 132 valence electrons. The molecule has 3 aromatic rings. The number of phenols is 1. The lowest BCUT2D eigenvalue weighted by molar-refractivity contribution is 0.303. The Labute approximate surface area is 154 Å². The molecule has 0 heterocycles. The summed E-state index contributed by atoms with van der Waals surface area (Å²) >= 11 is 0. The maximum Gasteiger partial charge on any atom is 0.129 e. The molecule has 0 fully saturated rings. The molecule has 3 nitrogen and oxygen atoms in total. The predicted octanol–water partition coefficient (Wildman–Crippen LogP) is 5.24. The second kappa shape index (κ2) is 8.77. The van der Waals surface area contributed by atoms with Gasteiger partial charge in [0, 0.05) is 11.6 Å². The standard InChI is InChI=1S/C23H22O3/c1-25-23-16-22(26-17-19-6-3-2-4-7-19)15-12-20(23)9-5-8-18-10-13-21(24)14-11-18/h2-7,9-16,24H,8,17H2,1H3/b9-5+. The van der Waals surface area contributed by atoms with Crippen molar-refractivity contribution in [2.45, 2.75) is 13.0 Å². The number of benzene rings is 3. The predicted molar refractivity (Wildman–Crippen MR) is 105 cm³/mol. The van der Waals surface area contributed by atoms with Gasteiger partial charge in [0.1, 0.15) is 23.9 Å². The molecular formula is C23H22O3. The summed E-state index contributed by atoms with van der Waals surface area (Å²) in [5, 5.41) is 9.32. The monoisotopic (exact) mass is 346 g/mol. The van der Waals surface area contributed by atoms with Crippen LogP contribution in [0.4, 0.5) is 0 Å². The van der Waals surface area contributed by atoms with E-state index >= 15 is 0 Å². The largest absolute Gasteiger partial charge is 0.508 e. The molecule has 0 aliphatic carbocycles. The molecule has 0 radical (unpaired) electrons. The highest BCUT2D eigenvalue weighted by Crippen LogP contribution is 2.26. The Morgan fingerprint density at radius 1 is 0.885 bits per heavy atom. The van der Waals surface area contributed by atoms with Gasteiger partial charge in [-0.3, -0.25) is 0 Å². The van der Waals surface area contributed by atoms with Gasteiger partial charge in [-0.25, -0.2) is 0 Å². The van der Waals surface area contributed by atoms with Crippen molar-refractivity contribution in [1.29, 1.82) is 0 Å². The normalized spacial score (nSPS) is 10.8. The van der Waals surface area contributed by atoms with Crippen LogP contribution in [-0.4, -0.2) is 12.2 Å². The number of phenolic OH excluding ortho intramolecular Hbond substituents is 1. The average molecular weight is 346 g/mol. The first-order valence-electron chi connectivity index (χ1n) is 8.54. The van der Waals surface area contributed by atoms with E-state index in [0.717, 1.165) is 34.6 Å². The van der Waals surface area contributed by atoms with Gasteiger partial charge in [0.25, 0.3) is 0 Å². The van der Waals surface area contributed by atoms with Gasteiger partial charge in [-0.15, -0.1) is 0 Å². The van der Waals surface area contributed by atoms with Gasteiger partial charge in [-0.2, -0.15) is 0 Å². The molecule has 26 heavy (non-hydrogen) atoms. The van der Waals surface area contributed by atoms with Crippen molar-refractivity contribution >= 4 is 6.08 Å². The molecule has 3 rings (SSSR count). The zero-order chi connectivity index (χ0) is 18.2. The van der Waals surface area contributed by atoms with Crippen LogP contribution in [0.2, 0.25) is 0 Å². The number of aromatic hydroxyl groups is 1. The maximum absolute atomic E-state index is 9.32. The minimum absolute atomic E-state index is 0.283. The Morgan fingerprint density at radius 3 is 2.38 bits per heavy atom. The first-order valence-corrected chi connectivity index (χ1v) is 8.54. The first-order chi connectivity index (χ1) is 12.7. The van der Waals surface area contributed by atoms with Gasteiger partial charge < -0.3 is 14.6 Å². The van der Waals surface area contributed by atoms with Crippen molar-refractivity contribution in [3.05, 3.63) is 95.6 Å². The Kier molecular flexibility index (Phi) is 5.94. The molecule has 1 N–H and O–H groups in total. The number of hydrogen-bond acceptors (Lipinski definition) is 3. The SMILES string of the molecule is COc1cc(OCc2ccccc2)ccc1/C=C/Cc1ccc(O)cc1. The number of methoxy groups -OCH3 is 1. The summed E-state index contributed by atoms with van der Waals surface area (Å²) in [5.41, 5.74) is 3.27. The third kappa shape index (κ3) is 4.90. The van der Waals surface area contributed by atoms with E-state index < -0.39 is 0 Å². The number of hydrogen-bond donors (Lipinski definition) is 1. The highest BCUT2D eigenvalue weighted by atomic mass is 16.5. The molecule has 3 aromatic carbocycles. The molecule has 0 saturated carbocycles. The van der Waals surface area contributed by atoms with Gasteiger partial charge in [0.2, 0.25) is 0 Å². The summed E-state index contributed by atoms with van der Waals surface area (Å²) in [6.07, 6.45) is 4.90. The van der Waals surface area contributed by atoms with Crippen LogP contribution < -0.4 is 9.47 Å². The summed E-state index contributed by atoms with van der Waals surface area (Å²) in [7, 11) is 1.66. The van der Waals surface area contributed by atoms with Crippen molar-refractivity contribution in [2.24, 2.45) is 0 Å². The lowest BCUT2D eigenvalue weighted by Gasteiger charge is -2.10. The van der Waals surface area contributed by atoms with Crippen LogP contribution in [0, 0.1) is 0 Å². The molecule has 0 saturated heterocycles. The first kappa shape index (κ1) is 17.6. The van der Waals surface area contributed by atoms with Crippen molar-refractivity contribution in [3.8, 4) is 17.2 Å². The summed E-state index contributed by atoms with van der Waals surface area (Å²) in [4.78, 5) is 0. The Morgan fingerprint density at radius 2 is 1.65 bits per heavy atom. The Hall–Kier alpha value is -3.20. The smallest absolute Gasteiger partial charge is 0.129 e. The van der Waals surface area contributed by atoms with E-state index in [2.05, 4.69) is 6.08 Å². The Balaban J connectivity index is 1.64. The van der Waals surface area contributed by atoms with Crippen molar-refractivity contribution in [1.82, 2.24) is 0 Å². The van der Waals surface area contributed by atoms with Gasteiger partial charge in [-0.1, -0.05) is 54.6 Å². The fourth-order valence-corrected chi connectivity index (χ4v) is 2.61. The molecule has 0 aliphatic heterocycles. The van der Waals surface area contributed by atoms with E-state index in [-0.39, 0.29) is 5.75 Å². The average Bonchev–Trinajstić information content (AvgIpc) is 2.69. The molecule has 3 heteroatoms. The number of allylic oxidation sites excluding steroid dienone is 1. The summed E-state index contributed by atoms with van der Waals surface area (Å²) < 4.78 is 11.3. The molecule has 0 unspecified atom stereocenters. The minimum Gasteiger partial charge on any atom is -0.508 e. The highest BCUT2D eigenvalue weighted by Gasteiger charge is 2.03. The van der Waals surface area contributed by atoms with Crippen LogP contribution >= 0.6 is 0 Å². The van der Waals surface area contributed by atoms with Gasteiger partial charge in [-0.05, 0) is 41.8 Å². The van der Waals surface area contributed by atoms with Crippen LogP contribution in [0.3, 0.4) is 0 Å². The Bertz CT molecular complexity index is 852. The molecule has 0 atom stereocenters. The molecular weight excluding hydrogens is 324 g/mol. The van der Waals surface area contributed by atoms with Crippen LogP contribution in [0.25, 0.3) is 6.08 Å². The van der Waals surface area contributed by atoms with Crippen molar-refractivity contribution in [3.63, 3.8) is 0 Å². The number of ether oxygens (including phenoxy) is 2. The van der Waals surface area contributed by atoms with Gasteiger partial charge >= 0.3 is 0 Å². The topological polar surface area (TPSA) is 38.7 Å². The fourth-order valence-electron chi connectivity index (χ4n) is 2.61. The van der Waals surface area contributed by atoms with Crippen LogP contribution in [-0.2, 0) is 13.0 Å². The summed E-state index contributed by atoms with van der Waals surface area (Å²) in [5.74, 6) is 1.84. The van der Waals surface area contributed by atoms with E-state index in [1.165, 1.54) is 0 Å². The highest BCUT2D eigenvalue weighted by molar-refractivity contribution is 5.59. The van der Waals surface area contributed by atoms with Gasteiger partial charge in [0.15, 0.2) is 0 Å². The zero-order valence-electron chi connectivity index (χ0n) is 14.8. The van der Waals surface area contributed by atoms with Crippen molar-refractivity contribution in [2.75, 3.05) is 7.11 Å². The van der Waals surface area contributed by atoms with Gasteiger partial charge in [0.05, 0.1) is 7.11 Å². The quantitative estimate of drug-likeness (QED) is 0.636. The second-order valence-electron chi connectivity index (χ2n) is 5.95. The summed E-state index contributed by atoms with van der Waals surface area (Å²) in [6, 6.07) is 23.1. The zero-order valence-corrected chi connectivity index (χ0v) is 14.8. The molecule has 0 spiro atoms. The van der Waals surface area contributed by atoms with E-state index in [1.54, 1.807) is 19.2 Å². The van der Waals surface area contributed by atoms with Crippen LogP contribution in [0.15, 0.2) is 78.9 Å². The minimum atomic E-state index is 0.283. The van der Waals surface area contributed by atoms with E-state index in [0.29, 0.717) is 6.61 Å². The third-order valence-corrected chi connectivity index (χ3v) is 4.04. The molecule has 0 amide bonds. The van der Waals surface area contributed by atoms with E-state index in [9.17, 15) is 5.11 Å². The van der Waals surface area contributed by atoms with E-state index in [4.69, 9.17) is 9.47 Å². The summed E-state index contributed by atoms with van der Waals surface area (Å²) in [6.45, 7) is 0.528. The molecule has 0 aromatic heterocycles. The van der Waals surface area contributed by atoms with Crippen molar-refractivity contribution < 1.29 is 14.6 Å². The van der Waals surface area contributed by atoms with E-state index in [1.807, 2.05) is 66.7 Å². The second-order valence-corrected chi connectivity index (χ2v) is 5.95.